The molecule has 5 heteroatoms. The maximum atomic E-state index is 12.6. The fraction of sp³-hybridized carbons (Fsp3) is 0.118. The minimum atomic E-state index is -0.688. The highest BCUT2D eigenvalue weighted by Crippen LogP contribution is 2.18. The zero-order valence-corrected chi connectivity index (χ0v) is 12.0. The normalized spacial score (nSPS) is 9.64. The fourth-order valence-electron chi connectivity index (χ4n) is 1.97. The molecule has 0 bridgehead atoms. The summed E-state index contributed by atoms with van der Waals surface area (Å²) in [6.45, 7) is -0.351. The molecule has 2 rings (SSSR count). The third-order valence-electron chi connectivity index (χ3n) is 3.09. The number of hydrogen-bond donors (Lipinski definition) is 0. The van der Waals surface area contributed by atoms with Crippen LogP contribution in [0.5, 0.6) is 0 Å². The van der Waals surface area contributed by atoms with Crippen LogP contribution >= 0.6 is 0 Å². The summed E-state index contributed by atoms with van der Waals surface area (Å²) in [6, 6.07) is 17.2. The standard InChI is InChI=1S/C17H14N2O3/c1-19(13-7-3-2-4-8-13)16(20)14-9-5-6-10-15(14)17(21)22-12-11-18/h2-10H,12H2,1H3. The summed E-state index contributed by atoms with van der Waals surface area (Å²) in [5.41, 5.74) is 1.09. The van der Waals surface area contributed by atoms with Crippen LogP contribution in [0, 0.1) is 11.3 Å². The van der Waals surface area contributed by atoms with Gasteiger partial charge in [-0.2, -0.15) is 5.26 Å². The van der Waals surface area contributed by atoms with Crippen LogP contribution in [0.2, 0.25) is 0 Å². The number of benzene rings is 2. The molecule has 110 valence electrons. The molecule has 1 amide bonds. The lowest BCUT2D eigenvalue weighted by Crippen LogP contribution is -2.28. The lowest BCUT2D eigenvalue weighted by atomic mass is 10.1. The van der Waals surface area contributed by atoms with Gasteiger partial charge in [-0.05, 0) is 24.3 Å². The van der Waals surface area contributed by atoms with Gasteiger partial charge in [0.2, 0.25) is 0 Å². The zero-order chi connectivity index (χ0) is 15.9. The van der Waals surface area contributed by atoms with Crippen molar-refractivity contribution >= 4 is 17.6 Å². The van der Waals surface area contributed by atoms with E-state index in [1.165, 1.54) is 11.0 Å². The molecule has 0 radical (unpaired) electrons. The van der Waals surface area contributed by atoms with E-state index in [2.05, 4.69) is 0 Å². The quantitative estimate of drug-likeness (QED) is 0.813. The maximum Gasteiger partial charge on any atom is 0.339 e. The van der Waals surface area contributed by atoms with Gasteiger partial charge in [-0.25, -0.2) is 4.79 Å². The Morgan fingerprint density at radius 1 is 1.05 bits per heavy atom. The molecule has 0 saturated carbocycles. The molecule has 0 aliphatic heterocycles. The molecule has 0 aromatic heterocycles. The predicted molar refractivity (Wildman–Crippen MR) is 81.5 cm³/mol. The van der Waals surface area contributed by atoms with Gasteiger partial charge in [-0.1, -0.05) is 30.3 Å². The van der Waals surface area contributed by atoms with Crippen LogP contribution in [-0.4, -0.2) is 25.5 Å². The largest absolute Gasteiger partial charge is 0.447 e. The van der Waals surface area contributed by atoms with Crippen LogP contribution in [-0.2, 0) is 4.74 Å². The van der Waals surface area contributed by atoms with Gasteiger partial charge in [-0.3, -0.25) is 4.79 Å². The van der Waals surface area contributed by atoms with E-state index in [4.69, 9.17) is 10.00 Å². The molecule has 0 spiro atoms. The number of nitrogens with zero attached hydrogens (tertiary/aromatic N) is 2. The van der Waals surface area contributed by atoms with Crippen LogP contribution in [0.1, 0.15) is 20.7 Å². The van der Waals surface area contributed by atoms with E-state index < -0.39 is 5.97 Å². The number of ether oxygens (including phenoxy) is 1. The number of nitriles is 1. The molecular formula is C17H14N2O3. The molecule has 2 aromatic rings. The summed E-state index contributed by atoms with van der Waals surface area (Å²) in [6.07, 6.45) is 0. The Morgan fingerprint density at radius 2 is 1.64 bits per heavy atom. The van der Waals surface area contributed by atoms with Crippen LogP contribution in [0.15, 0.2) is 54.6 Å². The second-order valence-electron chi connectivity index (χ2n) is 4.48. The molecule has 0 aliphatic carbocycles. The minimum Gasteiger partial charge on any atom is -0.447 e. The number of carbonyl (C=O) groups is 2. The fourth-order valence-corrected chi connectivity index (χ4v) is 1.97. The van der Waals surface area contributed by atoms with Gasteiger partial charge in [0, 0.05) is 12.7 Å². The third-order valence-corrected chi connectivity index (χ3v) is 3.09. The summed E-state index contributed by atoms with van der Waals surface area (Å²) in [5, 5.41) is 8.48. The first-order valence-electron chi connectivity index (χ1n) is 6.61. The van der Waals surface area contributed by atoms with Crippen molar-refractivity contribution in [3.8, 4) is 6.07 Å². The average Bonchev–Trinajstić information content (AvgIpc) is 2.59. The molecule has 5 nitrogen and oxygen atoms in total. The Balaban J connectivity index is 2.31. The van der Waals surface area contributed by atoms with Crippen molar-refractivity contribution in [2.75, 3.05) is 18.6 Å². The van der Waals surface area contributed by atoms with Gasteiger partial charge >= 0.3 is 5.97 Å². The number of anilines is 1. The molecule has 2 aromatic carbocycles. The number of amides is 1. The molecule has 0 saturated heterocycles. The van der Waals surface area contributed by atoms with Gasteiger partial charge in [0.1, 0.15) is 6.07 Å². The molecular weight excluding hydrogens is 280 g/mol. The third kappa shape index (κ3) is 3.30. The first kappa shape index (κ1) is 15.3. The van der Waals surface area contributed by atoms with Crippen molar-refractivity contribution < 1.29 is 14.3 Å². The minimum absolute atomic E-state index is 0.144. The Kier molecular flexibility index (Phi) is 4.89. The van der Waals surface area contributed by atoms with Gasteiger partial charge < -0.3 is 9.64 Å². The molecule has 0 N–H and O–H groups in total. The molecule has 0 fully saturated rings. The van der Waals surface area contributed by atoms with Gasteiger partial charge in [0.25, 0.3) is 5.91 Å². The number of carbonyl (C=O) groups excluding carboxylic acids is 2. The van der Waals surface area contributed by atoms with Crippen LogP contribution < -0.4 is 4.90 Å². The Labute approximate surface area is 128 Å². The first-order valence-corrected chi connectivity index (χ1v) is 6.61. The topological polar surface area (TPSA) is 70.4 Å². The Bertz CT molecular complexity index is 720. The van der Waals surface area contributed by atoms with E-state index in [9.17, 15) is 9.59 Å². The van der Waals surface area contributed by atoms with Crippen molar-refractivity contribution in [1.82, 2.24) is 0 Å². The predicted octanol–water partition coefficient (Wildman–Crippen LogP) is 2.64. The van der Waals surface area contributed by atoms with E-state index in [1.807, 2.05) is 18.2 Å². The monoisotopic (exact) mass is 294 g/mol. The Morgan fingerprint density at radius 3 is 2.27 bits per heavy atom. The zero-order valence-electron chi connectivity index (χ0n) is 12.0. The van der Waals surface area contributed by atoms with E-state index in [0.29, 0.717) is 5.69 Å². The van der Waals surface area contributed by atoms with Crippen molar-refractivity contribution in [2.24, 2.45) is 0 Å². The highest BCUT2D eigenvalue weighted by molar-refractivity contribution is 6.11. The number of esters is 1. The van der Waals surface area contributed by atoms with E-state index >= 15 is 0 Å². The summed E-state index contributed by atoms with van der Waals surface area (Å²) >= 11 is 0. The van der Waals surface area contributed by atoms with Gasteiger partial charge in [0.05, 0.1) is 11.1 Å². The molecule has 0 aliphatic rings. The van der Waals surface area contributed by atoms with Gasteiger partial charge in [0.15, 0.2) is 6.61 Å². The summed E-state index contributed by atoms with van der Waals surface area (Å²) in [7, 11) is 1.63. The highest BCUT2D eigenvalue weighted by Gasteiger charge is 2.21. The lowest BCUT2D eigenvalue weighted by Gasteiger charge is -2.18. The number of para-hydroxylation sites is 1. The van der Waals surface area contributed by atoms with E-state index in [-0.39, 0.29) is 23.6 Å². The van der Waals surface area contributed by atoms with Crippen molar-refractivity contribution in [2.45, 2.75) is 0 Å². The molecule has 0 atom stereocenters. The summed E-state index contributed by atoms with van der Waals surface area (Å²) in [5.74, 6) is -1.01. The second-order valence-corrected chi connectivity index (χ2v) is 4.48. The van der Waals surface area contributed by atoms with Crippen molar-refractivity contribution in [3.63, 3.8) is 0 Å². The van der Waals surface area contributed by atoms with Crippen molar-refractivity contribution in [1.29, 1.82) is 5.26 Å². The summed E-state index contributed by atoms with van der Waals surface area (Å²) in [4.78, 5) is 26.0. The van der Waals surface area contributed by atoms with Crippen LogP contribution in [0.3, 0.4) is 0 Å². The van der Waals surface area contributed by atoms with E-state index in [0.717, 1.165) is 0 Å². The van der Waals surface area contributed by atoms with Crippen LogP contribution in [0.25, 0.3) is 0 Å². The smallest absolute Gasteiger partial charge is 0.339 e. The second kappa shape index (κ2) is 7.04. The Hall–Kier alpha value is -3.13. The van der Waals surface area contributed by atoms with Gasteiger partial charge in [-0.15, -0.1) is 0 Å². The highest BCUT2D eigenvalue weighted by atomic mass is 16.5. The number of hydrogen-bond acceptors (Lipinski definition) is 4. The van der Waals surface area contributed by atoms with Crippen molar-refractivity contribution in [3.05, 3.63) is 65.7 Å². The molecule has 0 heterocycles. The first-order chi connectivity index (χ1) is 10.6. The lowest BCUT2D eigenvalue weighted by molar-refractivity contribution is 0.0551. The maximum absolute atomic E-state index is 12.6. The van der Waals surface area contributed by atoms with E-state index in [1.54, 1.807) is 43.4 Å². The van der Waals surface area contributed by atoms with Crippen LogP contribution in [0.4, 0.5) is 5.69 Å². The SMILES string of the molecule is CN(C(=O)c1ccccc1C(=O)OCC#N)c1ccccc1. The number of rotatable bonds is 4. The molecule has 22 heavy (non-hydrogen) atoms. The molecule has 0 unspecified atom stereocenters. The summed E-state index contributed by atoms with van der Waals surface area (Å²) < 4.78 is 4.78. The average molecular weight is 294 g/mol.